The molecule has 36 heavy (non-hydrogen) atoms. The third-order valence-corrected chi connectivity index (χ3v) is 8.12. The van der Waals surface area contributed by atoms with Crippen LogP contribution in [0.3, 0.4) is 0 Å². The van der Waals surface area contributed by atoms with Crippen molar-refractivity contribution in [1.29, 1.82) is 0 Å². The fraction of sp³-hybridized carbons (Fsp3) is 0.300. The number of carboxylic acids is 1. The second kappa shape index (κ2) is 8.70. The second-order valence-electron chi connectivity index (χ2n) is 10.6. The monoisotopic (exact) mass is 482 g/mol. The zero-order valence-corrected chi connectivity index (χ0v) is 19.9. The number of rotatable bonds is 7. The Morgan fingerprint density at radius 3 is 2.33 bits per heavy atom. The minimum atomic E-state index is -0.707. The van der Waals surface area contributed by atoms with Gasteiger partial charge >= 0.3 is 5.97 Å². The maximum absolute atomic E-state index is 14.6. The first kappa shape index (κ1) is 22.7. The summed E-state index contributed by atoms with van der Waals surface area (Å²) in [5.74, 6) is -0.953. The first-order chi connectivity index (χ1) is 17.4. The van der Waals surface area contributed by atoms with Gasteiger partial charge in [-0.15, -0.1) is 0 Å². The maximum Gasteiger partial charge on any atom is 0.306 e. The molecule has 0 bridgehead atoms. The van der Waals surface area contributed by atoms with Crippen molar-refractivity contribution in [2.24, 2.45) is 17.3 Å². The molecule has 2 saturated carbocycles. The molecule has 182 valence electrons. The van der Waals surface area contributed by atoms with Gasteiger partial charge in [-0.2, -0.15) is 0 Å². The number of Topliss-reactive ketones (excluding diaryl/α,β-unsaturated/α-hetero) is 1. The molecule has 2 heterocycles. The molecule has 0 amide bonds. The summed E-state index contributed by atoms with van der Waals surface area (Å²) in [7, 11) is 0. The molecule has 0 saturated heterocycles. The third-order valence-electron chi connectivity index (χ3n) is 8.12. The molecular weight excluding hydrogens is 455 g/mol. The number of carbonyl (C=O) groups excluding carboxylic acids is 1. The van der Waals surface area contributed by atoms with E-state index < -0.39 is 5.97 Å². The van der Waals surface area contributed by atoms with Gasteiger partial charge in [0.25, 0.3) is 0 Å². The maximum atomic E-state index is 14.6. The van der Waals surface area contributed by atoms with Gasteiger partial charge in [0.05, 0.1) is 11.4 Å². The average Bonchev–Trinajstić information content (AvgIpc) is 3.25. The zero-order chi connectivity index (χ0) is 24.9. The fourth-order valence-electron chi connectivity index (χ4n) is 6.37. The molecule has 6 rings (SSSR count). The Morgan fingerprint density at radius 1 is 0.944 bits per heavy atom. The first-order valence-electron chi connectivity index (χ1n) is 12.4. The predicted octanol–water partition coefficient (Wildman–Crippen LogP) is 6.35. The molecule has 1 N–H and O–H groups in total. The molecule has 1 spiro atoms. The van der Waals surface area contributed by atoms with Crippen LogP contribution >= 0.6 is 0 Å². The van der Waals surface area contributed by atoms with E-state index in [4.69, 9.17) is 5.11 Å². The van der Waals surface area contributed by atoms with Crippen LogP contribution in [0.25, 0.3) is 22.0 Å². The standard InChI is InChI=1S/C30H27FN2O3/c31-26-6-5-25(27(34)13-20-14-30(15-20)16-23(17-30)29(35)36)28-24(26)9-12-33(28)18-19-1-3-21(4-2-19)22-7-10-32-11-8-22/h1-12,20,23H,13-18H2,(H,35,36). The van der Waals surface area contributed by atoms with Crippen LogP contribution in [0.5, 0.6) is 0 Å². The van der Waals surface area contributed by atoms with Crippen LogP contribution < -0.4 is 0 Å². The van der Waals surface area contributed by atoms with Crippen molar-refractivity contribution in [3.8, 4) is 11.1 Å². The molecule has 0 radical (unpaired) electrons. The number of carbonyl (C=O) groups is 2. The highest BCUT2D eigenvalue weighted by Crippen LogP contribution is 2.62. The Labute approximate surface area is 208 Å². The van der Waals surface area contributed by atoms with E-state index >= 15 is 0 Å². The van der Waals surface area contributed by atoms with Crippen molar-refractivity contribution < 1.29 is 19.1 Å². The van der Waals surface area contributed by atoms with E-state index in [0.29, 0.717) is 29.4 Å². The summed E-state index contributed by atoms with van der Waals surface area (Å²) in [5, 5.41) is 9.62. The molecular formula is C30H27FN2O3. The van der Waals surface area contributed by atoms with E-state index in [1.165, 1.54) is 6.07 Å². The summed E-state index contributed by atoms with van der Waals surface area (Å²) in [6, 6.07) is 16.9. The number of carboxylic acid groups (broad SMARTS) is 1. The molecule has 2 aliphatic carbocycles. The van der Waals surface area contributed by atoms with Crippen LogP contribution in [0, 0.1) is 23.1 Å². The van der Waals surface area contributed by atoms with E-state index in [1.54, 1.807) is 24.5 Å². The lowest BCUT2D eigenvalue weighted by Gasteiger charge is -2.56. The van der Waals surface area contributed by atoms with Crippen LogP contribution in [0.4, 0.5) is 4.39 Å². The Morgan fingerprint density at radius 2 is 1.64 bits per heavy atom. The van der Waals surface area contributed by atoms with Crippen molar-refractivity contribution in [3.63, 3.8) is 0 Å². The SMILES string of the molecule is O=C(CC1CC2(C1)CC(C(=O)O)C2)c1ccc(F)c2ccn(Cc3ccc(-c4ccncc4)cc3)c12. The van der Waals surface area contributed by atoms with Gasteiger partial charge in [0.2, 0.25) is 0 Å². The van der Waals surface area contributed by atoms with Gasteiger partial charge in [0, 0.05) is 42.5 Å². The van der Waals surface area contributed by atoms with Gasteiger partial charge < -0.3 is 9.67 Å². The molecule has 0 aliphatic heterocycles. The summed E-state index contributed by atoms with van der Waals surface area (Å²) < 4.78 is 16.6. The average molecular weight is 483 g/mol. The third kappa shape index (κ3) is 4.00. The molecule has 2 aliphatic rings. The number of benzene rings is 2. The Balaban J connectivity index is 1.19. The predicted molar refractivity (Wildman–Crippen MR) is 135 cm³/mol. The Bertz CT molecular complexity index is 1450. The normalized spacial score (nSPS) is 22.8. The first-order valence-corrected chi connectivity index (χ1v) is 12.4. The van der Waals surface area contributed by atoms with E-state index in [0.717, 1.165) is 42.4 Å². The molecule has 5 nitrogen and oxygen atoms in total. The van der Waals surface area contributed by atoms with Crippen LogP contribution in [-0.2, 0) is 11.3 Å². The minimum absolute atomic E-state index is 0.0296. The number of hydrogen-bond acceptors (Lipinski definition) is 3. The Kier molecular flexibility index (Phi) is 5.47. The summed E-state index contributed by atoms with van der Waals surface area (Å²) in [6.45, 7) is 0.535. The van der Waals surface area contributed by atoms with E-state index in [9.17, 15) is 14.0 Å². The Hall–Kier alpha value is -3.80. The van der Waals surface area contributed by atoms with Gasteiger partial charge in [-0.3, -0.25) is 14.6 Å². The van der Waals surface area contributed by atoms with E-state index in [-0.39, 0.29) is 28.9 Å². The van der Waals surface area contributed by atoms with Crippen molar-refractivity contribution in [2.45, 2.75) is 38.6 Å². The molecule has 0 unspecified atom stereocenters. The van der Waals surface area contributed by atoms with Crippen molar-refractivity contribution >= 4 is 22.7 Å². The number of hydrogen-bond donors (Lipinski definition) is 1. The molecule has 2 fully saturated rings. The lowest BCUT2D eigenvalue weighted by Crippen LogP contribution is -2.50. The van der Waals surface area contributed by atoms with Gasteiger partial charge in [-0.25, -0.2) is 4.39 Å². The van der Waals surface area contributed by atoms with Gasteiger partial charge in [0.15, 0.2) is 5.78 Å². The van der Waals surface area contributed by atoms with Crippen LogP contribution in [0.15, 0.2) is 73.2 Å². The van der Waals surface area contributed by atoms with Gasteiger partial charge in [-0.1, -0.05) is 24.3 Å². The van der Waals surface area contributed by atoms with Crippen molar-refractivity contribution in [2.75, 3.05) is 0 Å². The molecule has 4 aromatic rings. The summed E-state index contributed by atoms with van der Waals surface area (Å²) in [5.41, 5.74) is 4.58. The largest absolute Gasteiger partial charge is 0.481 e. The molecule has 2 aromatic heterocycles. The fourth-order valence-corrected chi connectivity index (χ4v) is 6.37. The van der Waals surface area contributed by atoms with Gasteiger partial charge in [0.1, 0.15) is 5.82 Å². The lowest BCUT2D eigenvalue weighted by molar-refractivity contribution is -0.157. The van der Waals surface area contributed by atoms with Gasteiger partial charge in [-0.05, 0) is 84.0 Å². The topological polar surface area (TPSA) is 72.2 Å². The highest BCUT2D eigenvalue weighted by Gasteiger charge is 2.54. The van der Waals surface area contributed by atoms with E-state index in [2.05, 4.69) is 29.2 Å². The van der Waals surface area contributed by atoms with Crippen LogP contribution in [0.2, 0.25) is 0 Å². The van der Waals surface area contributed by atoms with Crippen LogP contribution in [0.1, 0.15) is 48.0 Å². The second-order valence-corrected chi connectivity index (χ2v) is 10.6. The number of ketones is 1. The lowest BCUT2D eigenvalue weighted by atomic mass is 9.47. The number of pyridine rings is 1. The number of aromatic nitrogens is 2. The zero-order valence-electron chi connectivity index (χ0n) is 19.9. The minimum Gasteiger partial charge on any atom is -0.481 e. The highest BCUT2D eigenvalue weighted by atomic mass is 19.1. The number of aliphatic carboxylic acids is 1. The summed E-state index contributed by atoms with van der Waals surface area (Å²) in [4.78, 5) is 28.5. The summed E-state index contributed by atoms with van der Waals surface area (Å²) in [6.07, 6.45) is 9.10. The molecule has 2 aromatic carbocycles. The van der Waals surface area contributed by atoms with Crippen molar-refractivity contribution in [3.05, 3.63) is 90.1 Å². The molecule has 6 heteroatoms. The highest BCUT2D eigenvalue weighted by molar-refractivity contribution is 6.07. The van der Waals surface area contributed by atoms with E-state index in [1.807, 2.05) is 22.9 Å². The van der Waals surface area contributed by atoms with Crippen LogP contribution in [-0.4, -0.2) is 26.4 Å². The smallest absolute Gasteiger partial charge is 0.306 e. The number of fused-ring (bicyclic) bond motifs is 1. The number of halogens is 1. The molecule has 0 atom stereocenters. The quantitative estimate of drug-likeness (QED) is 0.311. The number of nitrogens with zero attached hydrogens (tertiary/aromatic N) is 2. The van der Waals surface area contributed by atoms with Crippen molar-refractivity contribution in [1.82, 2.24) is 9.55 Å². The summed E-state index contributed by atoms with van der Waals surface area (Å²) >= 11 is 0.